The number of methoxy groups -OCH3 is 1. The summed E-state index contributed by atoms with van der Waals surface area (Å²) >= 11 is 0. The minimum Gasteiger partial charge on any atom is -0.467 e. The fraction of sp³-hybridized carbons (Fsp3) is 0.846. The summed E-state index contributed by atoms with van der Waals surface area (Å²) in [6.45, 7) is 5.39. The lowest BCUT2D eigenvalue weighted by Crippen LogP contribution is -2.51. The first-order valence-corrected chi connectivity index (χ1v) is 6.61. The monoisotopic (exact) mass is 270 g/mol. The van der Waals surface area contributed by atoms with Crippen LogP contribution in [0.1, 0.15) is 33.6 Å². The summed E-state index contributed by atoms with van der Waals surface area (Å²) in [7, 11) is 1.31. The van der Waals surface area contributed by atoms with Crippen molar-refractivity contribution in [3.8, 4) is 0 Å². The quantitative estimate of drug-likeness (QED) is 0.715. The normalized spacial score (nSPS) is 33.4. The van der Waals surface area contributed by atoms with Crippen molar-refractivity contribution in [1.82, 2.24) is 4.90 Å². The standard InChI is InChI=1S/C13H22N2O4/c1-13(2,3)19-12(17)15-8-6-5-7(8)9(14)10(15)11(16)18-4/h7-10H,5-6,14H2,1-4H3/t7-,8+,9+,10+/m0/s1. The number of carbonyl (C=O) groups is 2. The van der Waals surface area contributed by atoms with Crippen molar-refractivity contribution in [2.45, 2.75) is 57.3 Å². The summed E-state index contributed by atoms with van der Waals surface area (Å²) in [5, 5.41) is 0. The maximum absolute atomic E-state index is 12.3. The average molecular weight is 270 g/mol. The lowest BCUT2D eigenvalue weighted by atomic mass is 9.77. The van der Waals surface area contributed by atoms with Crippen LogP contribution in [0.2, 0.25) is 0 Å². The summed E-state index contributed by atoms with van der Waals surface area (Å²) in [4.78, 5) is 25.6. The molecule has 1 heterocycles. The Morgan fingerprint density at radius 3 is 2.32 bits per heavy atom. The molecule has 4 atom stereocenters. The maximum atomic E-state index is 12.3. The molecule has 1 aliphatic carbocycles. The molecule has 2 rings (SSSR count). The smallest absolute Gasteiger partial charge is 0.411 e. The van der Waals surface area contributed by atoms with Crippen LogP contribution in [0, 0.1) is 5.92 Å². The molecule has 1 saturated carbocycles. The van der Waals surface area contributed by atoms with Gasteiger partial charge in [0.1, 0.15) is 11.6 Å². The number of amides is 1. The van der Waals surface area contributed by atoms with Gasteiger partial charge in [-0.2, -0.15) is 0 Å². The molecule has 2 N–H and O–H groups in total. The zero-order valence-electron chi connectivity index (χ0n) is 11.9. The van der Waals surface area contributed by atoms with Gasteiger partial charge in [-0.1, -0.05) is 0 Å². The third-order valence-electron chi connectivity index (χ3n) is 3.85. The Bertz CT molecular complexity index is 391. The fourth-order valence-electron chi connectivity index (χ4n) is 2.88. The van der Waals surface area contributed by atoms with E-state index in [-0.39, 0.29) is 18.0 Å². The van der Waals surface area contributed by atoms with E-state index >= 15 is 0 Å². The summed E-state index contributed by atoms with van der Waals surface area (Å²) in [6.07, 6.45) is 1.33. The van der Waals surface area contributed by atoms with Crippen molar-refractivity contribution in [3.05, 3.63) is 0 Å². The number of nitrogens with two attached hydrogens (primary N) is 1. The molecule has 0 radical (unpaired) electrons. The highest BCUT2D eigenvalue weighted by Gasteiger charge is 2.57. The first kappa shape index (κ1) is 14.1. The van der Waals surface area contributed by atoms with E-state index in [4.69, 9.17) is 15.2 Å². The molecule has 2 aliphatic rings. The Morgan fingerprint density at radius 2 is 1.89 bits per heavy atom. The van der Waals surface area contributed by atoms with Crippen molar-refractivity contribution in [3.63, 3.8) is 0 Å². The minimum absolute atomic E-state index is 0.00829. The molecule has 0 aromatic heterocycles. The third-order valence-corrected chi connectivity index (χ3v) is 3.85. The van der Waals surface area contributed by atoms with Crippen LogP contribution in [-0.4, -0.2) is 47.8 Å². The molecule has 1 aliphatic heterocycles. The van der Waals surface area contributed by atoms with Gasteiger partial charge >= 0.3 is 12.1 Å². The van der Waals surface area contributed by atoms with Gasteiger partial charge in [-0.25, -0.2) is 9.59 Å². The van der Waals surface area contributed by atoms with E-state index in [0.29, 0.717) is 0 Å². The Hall–Kier alpha value is -1.30. The molecular formula is C13H22N2O4. The van der Waals surface area contributed by atoms with Crippen LogP contribution in [0.5, 0.6) is 0 Å². The number of hydrogen-bond donors (Lipinski definition) is 1. The molecule has 6 nitrogen and oxygen atoms in total. The molecule has 1 saturated heterocycles. The van der Waals surface area contributed by atoms with Crippen LogP contribution >= 0.6 is 0 Å². The number of carbonyl (C=O) groups excluding carboxylic acids is 2. The number of esters is 1. The van der Waals surface area contributed by atoms with Crippen LogP contribution in [0.3, 0.4) is 0 Å². The van der Waals surface area contributed by atoms with Crippen LogP contribution in [0.25, 0.3) is 0 Å². The first-order valence-electron chi connectivity index (χ1n) is 6.61. The van der Waals surface area contributed by atoms with E-state index in [1.54, 1.807) is 20.8 Å². The zero-order chi connectivity index (χ0) is 14.4. The topological polar surface area (TPSA) is 81.9 Å². The van der Waals surface area contributed by atoms with Gasteiger partial charge in [0.05, 0.1) is 7.11 Å². The molecular weight excluding hydrogens is 248 g/mol. The predicted molar refractivity (Wildman–Crippen MR) is 68.4 cm³/mol. The predicted octanol–water partition coefficient (Wildman–Crippen LogP) is 0.885. The number of rotatable bonds is 1. The second kappa shape index (κ2) is 4.67. The summed E-state index contributed by atoms with van der Waals surface area (Å²) in [5.41, 5.74) is 5.49. The van der Waals surface area contributed by atoms with Gasteiger partial charge in [0.15, 0.2) is 0 Å². The van der Waals surface area contributed by atoms with Gasteiger partial charge in [0, 0.05) is 12.1 Å². The average Bonchev–Trinajstić information content (AvgIpc) is 2.42. The van der Waals surface area contributed by atoms with Crippen molar-refractivity contribution in [2.24, 2.45) is 11.7 Å². The van der Waals surface area contributed by atoms with Crippen LogP contribution in [0.15, 0.2) is 0 Å². The van der Waals surface area contributed by atoms with Crippen molar-refractivity contribution in [2.75, 3.05) is 7.11 Å². The molecule has 6 heteroatoms. The van der Waals surface area contributed by atoms with Crippen LogP contribution in [-0.2, 0) is 14.3 Å². The molecule has 1 amide bonds. The number of fused-ring (bicyclic) bond motifs is 1. The number of nitrogens with zero attached hydrogens (tertiary/aromatic N) is 1. The molecule has 0 spiro atoms. The Kier molecular flexibility index (Phi) is 3.47. The van der Waals surface area contributed by atoms with E-state index in [1.807, 2.05) is 0 Å². The van der Waals surface area contributed by atoms with Gasteiger partial charge in [0.25, 0.3) is 0 Å². The number of likely N-dealkylation sites (tertiary alicyclic amines) is 1. The van der Waals surface area contributed by atoms with Gasteiger partial charge in [-0.05, 0) is 39.5 Å². The second-order valence-corrected chi connectivity index (χ2v) is 6.24. The van der Waals surface area contributed by atoms with Gasteiger partial charge < -0.3 is 15.2 Å². The highest BCUT2D eigenvalue weighted by Crippen LogP contribution is 2.43. The van der Waals surface area contributed by atoms with E-state index in [1.165, 1.54) is 12.0 Å². The fourth-order valence-corrected chi connectivity index (χ4v) is 2.88. The molecule has 0 unspecified atom stereocenters. The number of ether oxygens (including phenoxy) is 2. The Labute approximate surface area is 113 Å². The molecule has 0 aromatic rings. The lowest BCUT2D eigenvalue weighted by Gasteiger charge is -2.37. The van der Waals surface area contributed by atoms with E-state index in [0.717, 1.165) is 12.8 Å². The van der Waals surface area contributed by atoms with E-state index in [2.05, 4.69) is 0 Å². The molecule has 0 aromatic carbocycles. The largest absolute Gasteiger partial charge is 0.467 e. The molecule has 2 fully saturated rings. The molecule has 108 valence electrons. The van der Waals surface area contributed by atoms with Crippen molar-refractivity contribution < 1.29 is 19.1 Å². The SMILES string of the molecule is COC(=O)[C@H]1[C@H](N)[C@H]2CC[C@H]2N1C(=O)OC(C)(C)C. The Balaban J connectivity index is 2.20. The van der Waals surface area contributed by atoms with Crippen molar-refractivity contribution in [1.29, 1.82) is 0 Å². The van der Waals surface area contributed by atoms with E-state index < -0.39 is 23.7 Å². The van der Waals surface area contributed by atoms with Crippen molar-refractivity contribution >= 4 is 12.1 Å². The summed E-state index contributed by atoms with van der Waals surface area (Å²) < 4.78 is 10.1. The van der Waals surface area contributed by atoms with Crippen LogP contribution < -0.4 is 5.73 Å². The highest BCUT2D eigenvalue weighted by atomic mass is 16.6. The van der Waals surface area contributed by atoms with Gasteiger partial charge in [0.2, 0.25) is 0 Å². The van der Waals surface area contributed by atoms with Gasteiger partial charge in [-0.3, -0.25) is 4.90 Å². The van der Waals surface area contributed by atoms with E-state index in [9.17, 15) is 9.59 Å². The van der Waals surface area contributed by atoms with Crippen LogP contribution in [0.4, 0.5) is 4.79 Å². The van der Waals surface area contributed by atoms with Gasteiger partial charge in [-0.15, -0.1) is 0 Å². The molecule has 19 heavy (non-hydrogen) atoms. The minimum atomic E-state index is -0.725. The third kappa shape index (κ3) is 2.41. The lowest BCUT2D eigenvalue weighted by molar-refractivity contribution is -0.146. The maximum Gasteiger partial charge on any atom is 0.411 e. The second-order valence-electron chi connectivity index (χ2n) is 6.24. The molecule has 0 bridgehead atoms. The first-order chi connectivity index (χ1) is 8.76. The highest BCUT2D eigenvalue weighted by molar-refractivity contribution is 5.83. The summed E-state index contributed by atoms with van der Waals surface area (Å²) in [5.74, 6) is -0.288. The zero-order valence-corrected chi connectivity index (χ0v) is 11.9. The Morgan fingerprint density at radius 1 is 1.26 bits per heavy atom. The number of hydrogen-bond acceptors (Lipinski definition) is 5. The summed E-state index contributed by atoms with van der Waals surface area (Å²) in [6, 6.07) is -1.08.